The molecule has 0 spiro atoms. The van der Waals surface area contributed by atoms with Gasteiger partial charge in [-0.3, -0.25) is 4.79 Å². The Hall–Kier alpha value is -1.78. The first-order chi connectivity index (χ1) is 6.76. The van der Waals surface area contributed by atoms with Crippen molar-refractivity contribution in [1.82, 2.24) is 4.98 Å². The van der Waals surface area contributed by atoms with Gasteiger partial charge < -0.3 is 14.8 Å². The lowest BCUT2D eigenvalue weighted by atomic mass is 10.2. The zero-order valence-corrected chi connectivity index (χ0v) is 7.96. The largest absolute Gasteiger partial charge is 0.495 e. The summed E-state index contributed by atoms with van der Waals surface area (Å²) < 4.78 is 10.1. The van der Waals surface area contributed by atoms with Crippen molar-refractivity contribution in [2.75, 3.05) is 19.5 Å². The molecule has 2 heterocycles. The lowest BCUT2D eigenvalue weighted by molar-refractivity contribution is -0.115. The number of nitrogens with one attached hydrogen (secondary N) is 1. The van der Waals surface area contributed by atoms with E-state index in [1.165, 1.54) is 7.11 Å². The summed E-state index contributed by atoms with van der Waals surface area (Å²) in [6.07, 6.45) is 1.87. The molecule has 2 rings (SSSR count). The number of pyridine rings is 1. The average molecular weight is 194 g/mol. The van der Waals surface area contributed by atoms with Gasteiger partial charge in [-0.05, 0) is 0 Å². The van der Waals surface area contributed by atoms with Crippen molar-refractivity contribution >= 4 is 11.6 Å². The first-order valence-electron chi connectivity index (χ1n) is 4.16. The van der Waals surface area contributed by atoms with Gasteiger partial charge in [0.1, 0.15) is 11.4 Å². The number of ether oxygens (including phenoxy) is 2. The molecule has 1 aromatic rings. The second-order valence-electron chi connectivity index (χ2n) is 2.91. The summed E-state index contributed by atoms with van der Waals surface area (Å²) in [7, 11) is 3.06. The summed E-state index contributed by atoms with van der Waals surface area (Å²) in [5, 5.41) is 2.69. The van der Waals surface area contributed by atoms with Crippen LogP contribution in [0.1, 0.15) is 5.56 Å². The highest BCUT2D eigenvalue weighted by atomic mass is 16.5. The Bertz CT molecular complexity index is 355. The van der Waals surface area contributed by atoms with Gasteiger partial charge in [0, 0.05) is 5.56 Å². The van der Waals surface area contributed by atoms with Crippen molar-refractivity contribution in [3.63, 3.8) is 0 Å². The van der Waals surface area contributed by atoms with Crippen molar-refractivity contribution in [2.45, 2.75) is 6.42 Å². The van der Waals surface area contributed by atoms with Gasteiger partial charge in [-0.2, -0.15) is 0 Å². The molecule has 0 aliphatic carbocycles. The van der Waals surface area contributed by atoms with Crippen LogP contribution in [-0.2, 0) is 11.2 Å². The molecule has 1 amide bonds. The van der Waals surface area contributed by atoms with E-state index >= 15 is 0 Å². The highest BCUT2D eigenvalue weighted by Crippen LogP contribution is 2.36. The van der Waals surface area contributed by atoms with Gasteiger partial charge in [0.15, 0.2) is 0 Å². The molecule has 5 heteroatoms. The van der Waals surface area contributed by atoms with Crippen molar-refractivity contribution in [3.05, 3.63) is 11.8 Å². The molecule has 1 aliphatic rings. The molecule has 0 bridgehead atoms. The molecule has 1 aliphatic heterocycles. The van der Waals surface area contributed by atoms with E-state index in [0.29, 0.717) is 23.7 Å². The van der Waals surface area contributed by atoms with Crippen LogP contribution in [-0.4, -0.2) is 25.1 Å². The Morgan fingerprint density at radius 3 is 2.86 bits per heavy atom. The molecule has 0 unspecified atom stereocenters. The van der Waals surface area contributed by atoms with Crippen LogP contribution in [0.2, 0.25) is 0 Å². The fourth-order valence-corrected chi connectivity index (χ4v) is 1.49. The third-order valence-corrected chi connectivity index (χ3v) is 2.13. The van der Waals surface area contributed by atoms with Crippen molar-refractivity contribution in [2.24, 2.45) is 0 Å². The highest BCUT2D eigenvalue weighted by Gasteiger charge is 2.26. The SMILES string of the molecule is COc1cnc(OC)c2c1CC(=O)N2. The number of hydrogen-bond acceptors (Lipinski definition) is 4. The third-order valence-electron chi connectivity index (χ3n) is 2.13. The van der Waals surface area contributed by atoms with E-state index in [1.807, 2.05) is 0 Å². The fourth-order valence-electron chi connectivity index (χ4n) is 1.49. The number of carbonyl (C=O) groups excluding carboxylic acids is 1. The quantitative estimate of drug-likeness (QED) is 0.748. The van der Waals surface area contributed by atoms with Crippen LogP contribution in [0.3, 0.4) is 0 Å². The summed E-state index contributed by atoms with van der Waals surface area (Å²) in [4.78, 5) is 15.2. The predicted molar refractivity (Wildman–Crippen MR) is 49.7 cm³/mol. The van der Waals surface area contributed by atoms with E-state index in [-0.39, 0.29) is 5.91 Å². The molecule has 5 nitrogen and oxygen atoms in total. The van der Waals surface area contributed by atoms with Crippen LogP contribution in [0.4, 0.5) is 5.69 Å². The number of amides is 1. The van der Waals surface area contributed by atoms with Crippen LogP contribution >= 0.6 is 0 Å². The van der Waals surface area contributed by atoms with Crippen LogP contribution in [0, 0.1) is 0 Å². The van der Waals surface area contributed by atoms with E-state index in [4.69, 9.17) is 9.47 Å². The molecule has 0 radical (unpaired) electrons. The van der Waals surface area contributed by atoms with Gasteiger partial charge in [-0.15, -0.1) is 0 Å². The molecular formula is C9H10N2O3. The highest BCUT2D eigenvalue weighted by molar-refractivity contribution is 6.01. The van der Waals surface area contributed by atoms with Gasteiger partial charge in [-0.1, -0.05) is 0 Å². The number of aromatic nitrogens is 1. The first kappa shape index (κ1) is 8.80. The molecule has 1 aromatic heterocycles. The summed E-state index contributed by atoms with van der Waals surface area (Å²) >= 11 is 0. The maximum Gasteiger partial charge on any atom is 0.238 e. The van der Waals surface area contributed by atoms with Crippen LogP contribution in [0.25, 0.3) is 0 Å². The Morgan fingerprint density at radius 2 is 2.21 bits per heavy atom. The van der Waals surface area contributed by atoms with E-state index in [1.54, 1.807) is 13.3 Å². The predicted octanol–water partition coefficient (Wildman–Crippen LogP) is 0.593. The lowest BCUT2D eigenvalue weighted by Crippen LogP contribution is -2.04. The number of nitrogens with zero attached hydrogens (tertiary/aromatic N) is 1. The zero-order chi connectivity index (χ0) is 10.1. The average Bonchev–Trinajstić information content (AvgIpc) is 2.57. The van der Waals surface area contributed by atoms with Crippen LogP contribution < -0.4 is 14.8 Å². The number of methoxy groups -OCH3 is 2. The minimum absolute atomic E-state index is 0.0652. The molecule has 0 saturated carbocycles. The Balaban J connectivity index is 2.55. The Labute approximate surface area is 81.0 Å². The van der Waals surface area contributed by atoms with Crippen molar-refractivity contribution in [3.8, 4) is 11.6 Å². The normalized spacial score (nSPS) is 13.4. The molecule has 74 valence electrons. The number of carbonyl (C=O) groups is 1. The first-order valence-corrected chi connectivity index (χ1v) is 4.16. The lowest BCUT2D eigenvalue weighted by Gasteiger charge is -2.08. The standard InChI is InChI=1S/C9H10N2O3/c1-13-6-4-10-9(14-2)8-5(6)3-7(12)11-8/h4H,3H2,1-2H3,(H,11,12). The van der Waals surface area contributed by atoms with Gasteiger partial charge in [-0.25, -0.2) is 4.98 Å². The number of rotatable bonds is 2. The number of fused-ring (bicyclic) bond motifs is 1. The Kier molecular flexibility index (Phi) is 1.99. The van der Waals surface area contributed by atoms with Gasteiger partial charge >= 0.3 is 0 Å². The Morgan fingerprint density at radius 1 is 1.43 bits per heavy atom. The monoisotopic (exact) mass is 194 g/mol. The molecule has 0 atom stereocenters. The minimum Gasteiger partial charge on any atom is -0.495 e. The summed E-state index contributed by atoms with van der Waals surface area (Å²) in [6.45, 7) is 0. The number of hydrogen-bond donors (Lipinski definition) is 1. The molecule has 14 heavy (non-hydrogen) atoms. The van der Waals surface area contributed by atoms with E-state index < -0.39 is 0 Å². The second-order valence-corrected chi connectivity index (χ2v) is 2.91. The van der Waals surface area contributed by atoms with E-state index in [0.717, 1.165) is 5.56 Å². The summed E-state index contributed by atoms with van der Waals surface area (Å²) in [6, 6.07) is 0. The van der Waals surface area contributed by atoms with Gasteiger partial charge in [0.2, 0.25) is 11.8 Å². The van der Waals surface area contributed by atoms with Crippen molar-refractivity contribution < 1.29 is 14.3 Å². The number of anilines is 1. The molecule has 0 aromatic carbocycles. The van der Waals surface area contributed by atoms with Gasteiger partial charge in [0.05, 0.1) is 26.8 Å². The van der Waals surface area contributed by atoms with Gasteiger partial charge in [0.25, 0.3) is 0 Å². The maximum atomic E-state index is 11.2. The maximum absolute atomic E-state index is 11.2. The molecular weight excluding hydrogens is 184 g/mol. The molecule has 1 N–H and O–H groups in total. The molecule has 0 saturated heterocycles. The minimum atomic E-state index is -0.0652. The smallest absolute Gasteiger partial charge is 0.238 e. The third kappa shape index (κ3) is 1.17. The van der Waals surface area contributed by atoms with Crippen LogP contribution in [0.5, 0.6) is 11.6 Å². The second kappa shape index (κ2) is 3.17. The van der Waals surface area contributed by atoms with Crippen molar-refractivity contribution in [1.29, 1.82) is 0 Å². The topological polar surface area (TPSA) is 60.5 Å². The van der Waals surface area contributed by atoms with E-state index in [9.17, 15) is 4.79 Å². The summed E-state index contributed by atoms with van der Waals surface area (Å²) in [5.41, 5.74) is 1.43. The van der Waals surface area contributed by atoms with E-state index in [2.05, 4.69) is 10.3 Å². The fraction of sp³-hybridized carbons (Fsp3) is 0.333. The summed E-state index contributed by atoms with van der Waals surface area (Å²) in [5.74, 6) is 0.968. The van der Waals surface area contributed by atoms with Crippen LogP contribution in [0.15, 0.2) is 6.20 Å². The zero-order valence-electron chi connectivity index (χ0n) is 7.96. The molecule has 0 fully saturated rings.